The van der Waals surface area contributed by atoms with E-state index < -0.39 is 0 Å². The topological polar surface area (TPSA) is 66.1 Å². The monoisotopic (exact) mass is 417 g/mol. The highest BCUT2D eigenvalue weighted by Crippen LogP contribution is 2.19. The van der Waals surface area contributed by atoms with Gasteiger partial charge in [-0.3, -0.25) is 9.59 Å². The van der Waals surface area contributed by atoms with Crippen LogP contribution in [0.5, 0.6) is 0 Å². The number of benzene rings is 3. The molecule has 0 aliphatic carbocycles. The molecule has 1 amide bonds. The fraction of sp³-hybridized carbons (Fsp3) is 0.125. The number of H-pyrrole nitrogens is 1. The lowest BCUT2D eigenvalue weighted by Crippen LogP contribution is -2.34. The molecule has 4 aromatic rings. The van der Waals surface area contributed by atoms with Crippen molar-refractivity contribution in [3.05, 3.63) is 111 Å². The minimum Gasteiger partial charge on any atom is -0.331 e. The predicted octanol–water partition coefficient (Wildman–Crippen LogP) is 4.46. The van der Waals surface area contributed by atoms with Crippen LogP contribution in [0, 0.1) is 0 Å². The van der Waals surface area contributed by atoms with E-state index in [2.05, 4.69) is 9.97 Å². The van der Waals surface area contributed by atoms with E-state index in [0.29, 0.717) is 40.3 Å². The number of para-hydroxylation sites is 1. The quantitative estimate of drug-likeness (QED) is 0.503. The number of hydrogen-bond acceptors (Lipinski definition) is 3. The fourth-order valence-electron chi connectivity index (χ4n) is 3.36. The molecule has 0 bridgehead atoms. The van der Waals surface area contributed by atoms with Gasteiger partial charge in [0.1, 0.15) is 5.82 Å². The van der Waals surface area contributed by atoms with Crippen LogP contribution in [0.25, 0.3) is 10.9 Å². The van der Waals surface area contributed by atoms with Crippen molar-refractivity contribution in [2.75, 3.05) is 6.54 Å². The van der Waals surface area contributed by atoms with Crippen LogP contribution in [0.1, 0.15) is 21.7 Å². The Morgan fingerprint density at radius 3 is 2.43 bits per heavy atom. The first-order valence-corrected chi connectivity index (χ1v) is 10.1. The number of nitrogens with zero attached hydrogens (tertiary/aromatic N) is 2. The second kappa shape index (κ2) is 8.93. The van der Waals surface area contributed by atoms with Crippen molar-refractivity contribution in [2.45, 2.75) is 13.0 Å². The Morgan fingerprint density at radius 2 is 1.63 bits per heavy atom. The number of amides is 1. The summed E-state index contributed by atoms with van der Waals surface area (Å²) in [5.74, 6) is 0.236. The third-order valence-corrected chi connectivity index (χ3v) is 5.24. The Balaban J connectivity index is 1.65. The van der Waals surface area contributed by atoms with E-state index >= 15 is 0 Å². The van der Waals surface area contributed by atoms with E-state index in [1.807, 2.05) is 36.4 Å². The molecule has 5 nitrogen and oxygen atoms in total. The van der Waals surface area contributed by atoms with Gasteiger partial charge in [0, 0.05) is 6.54 Å². The third-order valence-electron chi connectivity index (χ3n) is 4.91. The lowest BCUT2D eigenvalue weighted by Gasteiger charge is -2.23. The zero-order valence-corrected chi connectivity index (χ0v) is 17.0. The van der Waals surface area contributed by atoms with Gasteiger partial charge in [0.05, 0.1) is 28.0 Å². The molecule has 0 unspecified atom stereocenters. The van der Waals surface area contributed by atoms with Crippen LogP contribution >= 0.6 is 11.6 Å². The Morgan fingerprint density at radius 1 is 0.933 bits per heavy atom. The minimum atomic E-state index is -0.219. The van der Waals surface area contributed by atoms with Crippen molar-refractivity contribution < 1.29 is 4.79 Å². The van der Waals surface area contributed by atoms with E-state index in [1.54, 1.807) is 47.4 Å². The molecular formula is C24H20ClN3O2. The normalized spacial score (nSPS) is 10.8. The summed E-state index contributed by atoms with van der Waals surface area (Å²) in [4.78, 5) is 34.7. The molecule has 0 spiro atoms. The van der Waals surface area contributed by atoms with Gasteiger partial charge in [-0.15, -0.1) is 0 Å². The van der Waals surface area contributed by atoms with Crippen molar-refractivity contribution in [1.29, 1.82) is 0 Å². The predicted molar refractivity (Wildman–Crippen MR) is 119 cm³/mol. The van der Waals surface area contributed by atoms with E-state index in [-0.39, 0.29) is 18.0 Å². The SMILES string of the molecule is O=C(c1ccccc1Cl)N(CCc1ccccc1)Cc1nc2ccccc2c(=O)[nH]1. The van der Waals surface area contributed by atoms with Gasteiger partial charge in [-0.2, -0.15) is 0 Å². The first kappa shape index (κ1) is 19.9. The van der Waals surface area contributed by atoms with Gasteiger partial charge in [-0.05, 0) is 36.2 Å². The van der Waals surface area contributed by atoms with Gasteiger partial charge in [0.15, 0.2) is 0 Å². The molecule has 0 saturated carbocycles. The van der Waals surface area contributed by atoms with Gasteiger partial charge in [-0.25, -0.2) is 4.98 Å². The van der Waals surface area contributed by atoms with Crippen LogP contribution in [0.3, 0.4) is 0 Å². The Hall–Kier alpha value is -3.44. The number of fused-ring (bicyclic) bond motifs is 1. The van der Waals surface area contributed by atoms with Gasteiger partial charge in [0.25, 0.3) is 11.5 Å². The average molecular weight is 418 g/mol. The summed E-state index contributed by atoms with van der Waals surface area (Å²) in [5, 5.41) is 0.918. The first-order valence-electron chi connectivity index (χ1n) is 9.67. The van der Waals surface area contributed by atoms with Crippen LogP contribution in [-0.2, 0) is 13.0 Å². The molecule has 6 heteroatoms. The van der Waals surface area contributed by atoms with Crippen LogP contribution in [0.4, 0.5) is 0 Å². The average Bonchev–Trinajstić information content (AvgIpc) is 2.77. The van der Waals surface area contributed by atoms with Crippen LogP contribution in [0.15, 0.2) is 83.7 Å². The molecule has 3 aromatic carbocycles. The van der Waals surface area contributed by atoms with E-state index in [1.165, 1.54) is 0 Å². The Bertz CT molecular complexity index is 1240. The maximum Gasteiger partial charge on any atom is 0.258 e. The maximum absolute atomic E-state index is 13.3. The molecule has 150 valence electrons. The summed E-state index contributed by atoms with van der Waals surface area (Å²) in [6, 6.07) is 24.1. The smallest absolute Gasteiger partial charge is 0.258 e. The zero-order chi connectivity index (χ0) is 20.9. The van der Waals surface area contributed by atoms with Gasteiger partial charge in [-0.1, -0.05) is 66.2 Å². The Kier molecular flexibility index (Phi) is 5.91. The molecule has 0 radical (unpaired) electrons. The summed E-state index contributed by atoms with van der Waals surface area (Å²) in [6.45, 7) is 0.640. The minimum absolute atomic E-state index is 0.178. The number of aromatic amines is 1. The zero-order valence-electron chi connectivity index (χ0n) is 16.2. The summed E-state index contributed by atoms with van der Waals surface area (Å²) in [7, 11) is 0. The molecule has 0 atom stereocenters. The summed E-state index contributed by atoms with van der Waals surface area (Å²) < 4.78 is 0. The number of carbonyl (C=O) groups excluding carboxylic acids is 1. The summed E-state index contributed by atoms with van der Waals surface area (Å²) >= 11 is 6.27. The molecular weight excluding hydrogens is 398 g/mol. The van der Waals surface area contributed by atoms with Crippen molar-refractivity contribution in [1.82, 2.24) is 14.9 Å². The van der Waals surface area contributed by atoms with Crippen LogP contribution < -0.4 is 5.56 Å². The maximum atomic E-state index is 13.3. The highest BCUT2D eigenvalue weighted by atomic mass is 35.5. The molecule has 4 rings (SSSR count). The second-order valence-electron chi connectivity index (χ2n) is 6.97. The lowest BCUT2D eigenvalue weighted by atomic mass is 10.1. The number of halogens is 1. The van der Waals surface area contributed by atoms with Crippen molar-refractivity contribution >= 4 is 28.4 Å². The molecule has 1 aromatic heterocycles. The van der Waals surface area contributed by atoms with Gasteiger partial charge < -0.3 is 9.88 Å². The number of nitrogens with one attached hydrogen (secondary N) is 1. The largest absolute Gasteiger partial charge is 0.331 e. The highest BCUT2D eigenvalue weighted by Gasteiger charge is 2.20. The van der Waals surface area contributed by atoms with Crippen molar-refractivity contribution in [3.8, 4) is 0 Å². The molecule has 0 fully saturated rings. The van der Waals surface area contributed by atoms with Crippen LogP contribution in [0.2, 0.25) is 5.02 Å². The molecule has 0 saturated heterocycles. The summed E-state index contributed by atoms with van der Waals surface area (Å²) in [6.07, 6.45) is 0.675. The number of rotatable bonds is 6. The lowest BCUT2D eigenvalue weighted by molar-refractivity contribution is 0.0741. The number of aromatic nitrogens is 2. The third kappa shape index (κ3) is 4.42. The molecule has 30 heavy (non-hydrogen) atoms. The van der Waals surface area contributed by atoms with Crippen molar-refractivity contribution in [2.24, 2.45) is 0 Å². The van der Waals surface area contributed by atoms with E-state index in [0.717, 1.165) is 5.56 Å². The second-order valence-corrected chi connectivity index (χ2v) is 7.38. The fourth-order valence-corrected chi connectivity index (χ4v) is 3.57. The first-order chi connectivity index (χ1) is 14.6. The molecule has 1 heterocycles. The molecule has 0 aliphatic rings. The molecule has 0 aliphatic heterocycles. The van der Waals surface area contributed by atoms with Crippen molar-refractivity contribution in [3.63, 3.8) is 0 Å². The van der Waals surface area contributed by atoms with Crippen LogP contribution in [-0.4, -0.2) is 27.3 Å². The van der Waals surface area contributed by atoms with Gasteiger partial charge in [0.2, 0.25) is 0 Å². The molecule has 1 N–H and O–H groups in total. The van der Waals surface area contributed by atoms with E-state index in [9.17, 15) is 9.59 Å². The Labute approximate surface area is 179 Å². The van der Waals surface area contributed by atoms with Gasteiger partial charge >= 0.3 is 0 Å². The standard InChI is InChI=1S/C24H20ClN3O2/c25-20-12-6-4-10-18(20)24(30)28(15-14-17-8-2-1-3-9-17)16-22-26-21-13-7-5-11-19(21)23(29)27-22/h1-13H,14-16H2,(H,26,27,29). The highest BCUT2D eigenvalue weighted by molar-refractivity contribution is 6.33. The summed E-state index contributed by atoms with van der Waals surface area (Å²) in [5.41, 5.74) is 1.93. The number of hydrogen-bond donors (Lipinski definition) is 1. The van der Waals surface area contributed by atoms with E-state index in [4.69, 9.17) is 11.6 Å². The number of carbonyl (C=O) groups is 1.